The van der Waals surface area contributed by atoms with Crippen LogP contribution in [0.3, 0.4) is 0 Å². The average molecular weight is 366 g/mol. The number of halogens is 1. The van der Waals surface area contributed by atoms with Gasteiger partial charge in [-0.05, 0) is 43.3 Å². The van der Waals surface area contributed by atoms with Crippen LogP contribution in [0, 0.1) is 5.82 Å². The number of hydrogen-bond acceptors (Lipinski definition) is 5. The molecule has 7 heteroatoms. The van der Waals surface area contributed by atoms with Crippen LogP contribution in [0.4, 0.5) is 4.39 Å². The summed E-state index contributed by atoms with van der Waals surface area (Å²) >= 11 is 0. The number of carbonyl (C=O) groups excluding carboxylic acids is 1. The Kier molecular flexibility index (Phi) is 6.06. The molecule has 0 aliphatic heterocycles. The fourth-order valence-corrected chi connectivity index (χ4v) is 2.43. The van der Waals surface area contributed by atoms with Crippen molar-refractivity contribution < 1.29 is 13.9 Å². The van der Waals surface area contributed by atoms with E-state index in [0.717, 1.165) is 11.3 Å². The van der Waals surface area contributed by atoms with E-state index in [0.29, 0.717) is 17.9 Å². The van der Waals surface area contributed by atoms with Crippen LogP contribution < -0.4 is 15.6 Å². The molecule has 0 saturated heterocycles. The molecule has 138 valence electrons. The Hall–Kier alpha value is -3.32. The zero-order valence-electron chi connectivity index (χ0n) is 14.8. The lowest BCUT2D eigenvalue weighted by molar-refractivity contribution is 0.0921. The summed E-state index contributed by atoms with van der Waals surface area (Å²) < 4.78 is 19.0. The Morgan fingerprint density at radius 1 is 1.11 bits per heavy atom. The fourth-order valence-electron chi connectivity index (χ4n) is 2.43. The number of nitrogens with zero attached hydrogens (tertiary/aromatic N) is 2. The van der Waals surface area contributed by atoms with Gasteiger partial charge in [-0.3, -0.25) is 10.2 Å². The van der Waals surface area contributed by atoms with Crippen LogP contribution in [-0.2, 0) is 6.54 Å². The smallest absolute Gasteiger partial charge is 0.303 e. The molecule has 0 radical (unpaired) electrons. The molecule has 0 fully saturated rings. The maximum absolute atomic E-state index is 13.6. The Balaban J connectivity index is 1.64. The first-order chi connectivity index (χ1) is 13.2. The molecule has 1 aromatic heterocycles. The van der Waals surface area contributed by atoms with Gasteiger partial charge in [0.2, 0.25) is 5.82 Å². The van der Waals surface area contributed by atoms with Crippen LogP contribution in [-0.4, -0.2) is 22.5 Å². The minimum atomic E-state index is -0.501. The van der Waals surface area contributed by atoms with Crippen LogP contribution in [0.25, 0.3) is 11.3 Å². The maximum atomic E-state index is 13.6. The second-order valence-corrected chi connectivity index (χ2v) is 5.62. The number of carbonyl (C=O) groups is 1. The molecule has 0 aliphatic carbocycles. The lowest BCUT2D eigenvalue weighted by Crippen LogP contribution is -2.38. The molecule has 6 nitrogen and oxygen atoms in total. The summed E-state index contributed by atoms with van der Waals surface area (Å²) in [6, 6.07) is 15.5. The van der Waals surface area contributed by atoms with Crippen molar-refractivity contribution in [2.75, 3.05) is 6.61 Å². The van der Waals surface area contributed by atoms with Gasteiger partial charge in [-0.1, -0.05) is 18.2 Å². The normalized spacial score (nSPS) is 10.4. The van der Waals surface area contributed by atoms with Gasteiger partial charge in [-0.15, -0.1) is 0 Å². The molecule has 3 aromatic rings. The highest BCUT2D eigenvalue weighted by Gasteiger charge is 2.11. The van der Waals surface area contributed by atoms with E-state index in [1.807, 2.05) is 31.2 Å². The second-order valence-electron chi connectivity index (χ2n) is 5.62. The lowest BCUT2D eigenvalue weighted by Gasteiger charge is -2.08. The predicted molar refractivity (Wildman–Crippen MR) is 99.3 cm³/mol. The Morgan fingerprint density at radius 3 is 2.63 bits per heavy atom. The highest BCUT2D eigenvalue weighted by molar-refractivity contribution is 5.90. The first kappa shape index (κ1) is 18.5. The molecule has 0 spiro atoms. The van der Waals surface area contributed by atoms with E-state index >= 15 is 0 Å². The molecule has 0 bridgehead atoms. The van der Waals surface area contributed by atoms with Gasteiger partial charge in [0.05, 0.1) is 12.3 Å². The third-order valence-corrected chi connectivity index (χ3v) is 3.76. The summed E-state index contributed by atoms with van der Waals surface area (Å²) in [6.07, 6.45) is 1.52. The predicted octanol–water partition coefficient (Wildman–Crippen LogP) is 3.12. The quantitative estimate of drug-likeness (QED) is 0.629. The van der Waals surface area contributed by atoms with Crippen LogP contribution >= 0.6 is 0 Å². The number of ether oxygens (including phenoxy) is 1. The van der Waals surface area contributed by atoms with Crippen molar-refractivity contribution in [3.8, 4) is 17.0 Å². The van der Waals surface area contributed by atoms with E-state index < -0.39 is 5.91 Å². The lowest BCUT2D eigenvalue weighted by atomic mass is 10.1. The number of amides is 1. The molecule has 2 N–H and O–H groups in total. The molecule has 27 heavy (non-hydrogen) atoms. The first-order valence-corrected chi connectivity index (χ1v) is 8.50. The molecule has 2 aromatic carbocycles. The van der Waals surface area contributed by atoms with Gasteiger partial charge in [-0.2, -0.15) is 0 Å². The molecule has 1 amide bonds. The summed E-state index contributed by atoms with van der Waals surface area (Å²) in [5, 5.41) is 0. The summed E-state index contributed by atoms with van der Waals surface area (Å²) in [6.45, 7) is 2.66. The van der Waals surface area contributed by atoms with E-state index in [1.165, 1.54) is 12.3 Å². The third-order valence-electron chi connectivity index (χ3n) is 3.76. The molecule has 1 heterocycles. The minimum Gasteiger partial charge on any atom is -0.494 e. The number of hydrazine groups is 1. The standard InChI is InChI=1S/C20H19FN4O2/c1-2-27-16-9-7-14(8-10-16)18-11-12-22-19(24-18)20(26)25-23-13-15-5-3-4-6-17(15)21/h3-12,23H,2,13H2,1H3,(H,25,26). The van der Waals surface area contributed by atoms with Crippen molar-refractivity contribution in [2.45, 2.75) is 13.5 Å². The number of nitrogens with one attached hydrogen (secondary N) is 2. The van der Waals surface area contributed by atoms with Gasteiger partial charge < -0.3 is 4.74 Å². The Morgan fingerprint density at radius 2 is 1.89 bits per heavy atom. The minimum absolute atomic E-state index is 0.0161. The highest BCUT2D eigenvalue weighted by atomic mass is 19.1. The molecular weight excluding hydrogens is 347 g/mol. The zero-order chi connectivity index (χ0) is 19.1. The van der Waals surface area contributed by atoms with Gasteiger partial charge in [0.15, 0.2) is 0 Å². The van der Waals surface area contributed by atoms with E-state index in [9.17, 15) is 9.18 Å². The zero-order valence-corrected chi connectivity index (χ0v) is 14.8. The maximum Gasteiger partial charge on any atom is 0.303 e. The molecule has 0 saturated carbocycles. The Bertz CT molecular complexity index is 916. The van der Waals surface area contributed by atoms with Gasteiger partial charge in [0.25, 0.3) is 0 Å². The van der Waals surface area contributed by atoms with Crippen LogP contribution in [0.1, 0.15) is 23.1 Å². The van der Waals surface area contributed by atoms with E-state index in [4.69, 9.17) is 4.74 Å². The van der Waals surface area contributed by atoms with Gasteiger partial charge >= 0.3 is 5.91 Å². The van der Waals surface area contributed by atoms with Gasteiger partial charge in [0, 0.05) is 23.9 Å². The van der Waals surface area contributed by atoms with E-state index in [-0.39, 0.29) is 18.2 Å². The topological polar surface area (TPSA) is 76.1 Å². The van der Waals surface area contributed by atoms with Crippen molar-refractivity contribution in [2.24, 2.45) is 0 Å². The summed E-state index contributed by atoms with van der Waals surface area (Å²) in [4.78, 5) is 20.5. The van der Waals surface area contributed by atoms with Crippen LogP contribution in [0.5, 0.6) is 5.75 Å². The summed E-state index contributed by atoms with van der Waals surface area (Å²) in [7, 11) is 0. The second kappa shape index (κ2) is 8.86. The number of benzene rings is 2. The number of rotatable bonds is 7. The third kappa shape index (κ3) is 4.86. The summed E-state index contributed by atoms with van der Waals surface area (Å²) in [5.41, 5.74) is 7.07. The van der Waals surface area contributed by atoms with Crippen molar-refractivity contribution in [3.63, 3.8) is 0 Å². The molecular formula is C20H19FN4O2. The molecule has 0 atom stereocenters. The fraction of sp³-hybridized carbons (Fsp3) is 0.150. The van der Waals surface area contributed by atoms with Crippen molar-refractivity contribution >= 4 is 5.91 Å². The van der Waals surface area contributed by atoms with E-state index in [2.05, 4.69) is 20.8 Å². The molecule has 0 aliphatic rings. The highest BCUT2D eigenvalue weighted by Crippen LogP contribution is 2.20. The van der Waals surface area contributed by atoms with Crippen LogP contribution in [0.15, 0.2) is 60.8 Å². The average Bonchev–Trinajstić information content (AvgIpc) is 2.70. The van der Waals surface area contributed by atoms with Crippen molar-refractivity contribution in [1.82, 2.24) is 20.8 Å². The summed E-state index contributed by atoms with van der Waals surface area (Å²) in [5.74, 6) is -0.0554. The SMILES string of the molecule is CCOc1ccc(-c2ccnc(C(=O)NNCc3ccccc3F)n2)cc1. The van der Waals surface area contributed by atoms with Crippen molar-refractivity contribution in [3.05, 3.63) is 78.0 Å². The van der Waals surface area contributed by atoms with Gasteiger partial charge in [0.1, 0.15) is 11.6 Å². The van der Waals surface area contributed by atoms with Gasteiger partial charge in [-0.25, -0.2) is 19.8 Å². The Labute approximate surface area is 156 Å². The largest absolute Gasteiger partial charge is 0.494 e. The number of hydrogen-bond donors (Lipinski definition) is 2. The number of aromatic nitrogens is 2. The van der Waals surface area contributed by atoms with E-state index in [1.54, 1.807) is 24.3 Å². The molecule has 0 unspecified atom stereocenters. The van der Waals surface area contributed by atoms with Crippen molar-refractivity contribution in [1.29, 1.82) is 0 Å². The first-order valence-electron chi connectivity index (χ1n) is 8.50. The monoisotopic (exact) mass is 366 g/mol. The van der Waals surface area contributed by atoms with Crippen LogP contribution in [0.2, 0.25) is 0 Å². The molecule has 3 rings (SSSR count).